The number of pyridine rings is 1. The van der Waals surface area contributed by atoms with E-state index in [-0.39, 0.29) is 17.1 Å². The first-order chi connectivity index (χ1) is 13.1. The SMILES string of the molecule is C[C@H]1Sc2ccc(C(=O)NCc3ccnc(N4CCCC4)c3)cc2NC1=O. The summed E-state index contributed by atoms with van der Waals surface area (Å²) in [6, 6.07) is 9.39. The Morgan fingerprint density at radius 2 is 2.11 bits per heavy atom. The summed E-state index contributed by atoms with van der Waals surface area (Å²) in [5.41, 5.74) is 2.27. The van der Waals surface area contributed by atoms with Gasteiger partial charge < -0.3 is 15.5 Å². The largest absolute Gasteiger partial charge is 0.357 e. The number of hydrogen-bond acceptors (Lipinski definition) is 5. The highest BCUT2D eigenvalue weighted by atomic mass is 32.2. The van der Waals surface area contributed by atoms with Crippen molar-refractivity contribution >= 4 is 35.1 Å². The number of nitrogens with one attached hydrogen (secondary N) is 2. The fourth-order valence-corrected chi connectivity index (χ4v) is 4.25. The number of nitrogens with zero attached hydrogens (tertiary/aromatic N) is 2. The van der Waals surface area contributed by atoms with Crippen LogP contribution in [0.2, 0.25) is 0 Å². The second kappa shape index (κ2) is 7.60. The lowest BCUT2D eigenvalue weighted by Crippen LogP contribution is -2.27. The second-order valence-corrected chi connectivity index (χ2v) is 8.24. The van der Waals surface area contributed by atoms with Gasteiger partial charge in [-0.1, -0.05) is 0 Å². The molecule has 2 aromatic rings. The molecule has 2 aliphatic heterocycles. The summed E-state index contributed by atoms with van der Waals surface area (Å²) in [5, 5.41) is 5.70. The highest BCUT2D eigenvalue weighted by Crippen LogP contribution is 2.35. The molecule has 1 fully saturated rings. The highest BCUT2D eigenvalue weighted by molar-refractivity contribution is 8.00. The summed E-state index contributed by atoms with van der Waals surface area (Å²) >= 11 is 1.51. The zero-order valence-electron chi connectivity index (χ0n) is 15.2. The summed E-state index contributed by atoms with van der Waals surface area (Å²) in [5.74, 6) is 0.786. The number of aromatic nitrogens is 1. The smallest absolute Gasteiger partial charge is 0.251 e. The van der Waals surface area contributed by atoms with Gasteiger partial charge in [0.05, 0.1) is 10.9 Å². The van der Waals surface area contributed by atoms with E-state index in [1.807, 2.05) is 25.1 Å². The number of fused-ring (bicyclic) bond motifs is 1. The summed E-state index contributed by atoms with van der Waals surface area (Å²) in [7, 11) is 0. The Kier molecular flexibility index (Phi) is 5.03. The number of amides is 2. The molecule has 0 aliphatic carbocycles. The molecule has 0 saturated carbocycles. The Balaban J connectivity index is 1.42. The minimum Gasteiger partial charge on any atom is -0.357 e. The molecule has 1 saturated heterocycles. The van der Waals surface area contributed by atoms with E-state index in [0.29, 0.717) is 17.8 Å². The van der Waals surface area contributed by atoms with E-state index >= 15 is 0 Å². The Labute approximate surface area is 162 Å². The number of thioether (sulfide) groups is 1. The fraction of sp³-hybridized carbons (Fsp3) is 0.350. The normalized spacial score (nSPS) is 18.8. The van der Waals surface area contributed by atoms with Crippen LogP contribution < -0.4 is 15.5 Å². The molecule has 1 atom stereocenters. The minimum absolute atomic E-state index is 0.0312. The molecule has 140 valence electrons. The fourth-order valence-electron chi connectivity index (χ4n) is 3.32. The van der Waals surface area contributed by atoms with Crippen molar-refractivity contribution in [2.24, 2.45) is 0 Å². The lowest BCUT2D eigenvalue weighted by molar-refractivity contribution is -0.115. The molecule has 2 amide bonds. The van der Waals surface area contributed by atoms with E-state index in [9.17, 15) is 9.59 Å². The molecular weight excluding hydrogens is 360 g/mol. The van der Waals surface area contributed by atoms with Crippen LogP contribution in [0.1, 0.15) is 35.7 Å². The van der Waals surface area contributed by atoms with Gasteiger partial charge in [-0.3, -0.25) is 9.59 Å². The second-order valence-electron chi connectivity index (χ2n) is 6.86. The molecule has 0 spiro atoms. The van der Waals surface area contributed by atoms with Crippen molar-refractivity contribution in [3.8, 4) is 0 Å². The van der Waals surface area contributed by atoms with Crippen molar-refractivity contribution in [3.63, 3.8) is 0 Å². The average Bonchev–Trinajstić information content (AvgIpc) is 3.22. The maximum Gasteiger partial charge on any atom is 0.251 e. The Morgan fingerprint density at radius 1 is 1.30 bits per heavy atom. The molecule has 0 unspecified atom stereocenters. The van der Waals surface area contributed by atoms with Crippen LogP contribution in [0.15, 0.2) is 41.4 Å². The molecular formula is C20H22N4O2S. The van der Waals surface area contributed by atoms with Crippen molar-refractivity contribution in [2.75, 3.05) is 23.3 Å². The molecule has 6 nitrogen and oxygen atoms in total. The van der Waals surface area contributed by atoms with Gasteiger partial charge in [-0.2, -0.15) is 0 Å². The van der Waals surface area contributed by atoms with E-state index in [2.05, 4.69) is 20.5 Å². The molecule has 2 N–H and O–H groups in total. The molecule has 4 rings (SSSR count). The lowest BCUT2D eigenvalue weighted by Gasteiger charge is -2.21. The Morgan fingerprint density at radius 3 is 2.93 bits per heavy atom. The third kappa shape index (κ3) is 3.93. The predicted octanol–water partition coefficient (Wildman–Crippen LogP) is 3.04. The average molecular weight is 382 g/mol. The van der Waals surface area contributed by atoms with Gasteiger partial charge >= 0.3 is 0 Å². The maximum absolute atomic E-state index is 12.5. The summed E-state index contributed by atoms with van der Waals surface area (Å²) < 4.78 is 0. The molecule has 2 aliphatic rings. The standard InChI is InChI=1S/C20H22N4O2S/c1-13-19(25)23-16-11-15(4-5-17(16)27-13)20(26)22-12-14-6-7-21-18(10-14)24-8-2-3-9-24/h4-7,10-11,13H,2-3,8-9,12H2,1H3,(H,22,26)(H,23,25)/t13-/m1/s1. The molecule has 0 bridgehead atoms. The van der Waals surface area contributed by atoms with Crippen molar-refractivity contribution in [2.45, 2.75) is 36.5 Å². The van der Waals surface area contributed by atoms with Gasteiger partial charge in [-0.05, 0) is 55.7 Å². The van der Waals surface area contributed by atoms with Crippen molar-refractivity contribution < 1.29 is 9.59 Å². The van der Waals surface area contributed by atoms with Crippen molar-refractivity contribution in [3.05, 3.63) is 47.7 Å². The van der Waals surface area contributed by atoms with Gasteiger partial charge in [0.15, 0.2) is 0 Å². The van der Waals surface area contributed by atoms with E-state index in [4.69, 9.17) is 0 Å². The summed E-state index contributed by atoms with van der Waals surface area (Å²) in [6.45, 7) is 4.40. The summed E-state index contributed by atoms with van der Waals surface area (Å²) in [6.07, 6.45) is 4.20. The monoisotopic (exact) mass is 382 g/mol. The highest BCUT2D eigenvalue weighted by Gasteiger charge is 2.23. The lowest BCUT2D eigenvalue weighted by atomic mass is 10.1. The number of hydrogen-bond donors (Lipinski definition) is 2. The zero-order valence-corrected chi connectivity index (χ0v) is 16.0. The van der Waals surface area contributed by atoms with Crippen molar-refractivity contribution in [1.29, 1.82) is 0 Å². The van der Waals surface area contributed by atoms with E-state index in [0.717, 1.165) is 29.4 Å². The first-order valence-corrected chi connectivity index (χ1v) is 10.1. The van der Waals surface area contributed by atoms with Crippen LogP contribution in [0.25, 0.3) is 0 Å². The third-order valence-electron chi connectivity index (χ3n) is 4.87. The van der Waals surface area contributed by atoms with Crippen LogP contribution in [-0.4, -0.2) is 35.1 Å². The number of anilines is 2. The summed E-state index contributed by atoms with van der Waals surface area (Å²) in [4.78, 5) is 32.1. The number of rotatable bonds is 4. The molecule has 27 heavy (non-hydrogen) atoms. The van der Waals surface area contributed by atoms with E-state index < -0.39 is 0 Å². The van der Waals surface area contributed by atoms with Gasteiger partial charge in [0.25, 0.3) is 5.91 Å². The number of carbonyl (C=O) groups is 2. The Hall–Kier alpha value is -2.54. The predicted molar refractivity (Wildman–Crippen MR) is 107 cm³/mol. The van der Waals surface area contributed by atoms with Gasteiger partial charge in [-0.15, -0.1) is 11.8 Å². The zero-order chi connectivity index (χ0) is 18.8. The van der Waals surface area contributed by atoms with Gasteiger partial charge in [0.1, 0.15) is 5.82 Å². The van der Waals surface area contributed by atoms with Crippen LogP contribution in [-0.2, 0) is 11.3 Å². The first-order valence-electron chi connectivity index (χ1n) is 9.20. The van der Waals surface area contributed by atoms with Crippen LogP contribution in [0, 0.1) is 0 Å². The number of benzene rings is 1. The first kappa shape index (κ1) is 17.9. The minimum atomic E-state index is -0.157. The van der Waals surface area contributed by atoms with Crippen LogP contribution >= 0.6 is 11.8 Å². The quantitative estimate of drug-likeness (QED) is 0.850. The van der Waals surface area contributed by atoms with Gasteiger partial charge in [-0.25, -0.2) is 4.98 Å². The van der Waals surface area contributed by atoms with Gasteiger partial charge in [0, 0.05) is 36.3 Å². The van der Waals surface area contributed by atoms with Crippen LogP contribution in [0.4, 0.5) is 11.5 Å². The van der Waals surface area contributed by atoms with Crippen molar-refractivity contribution in [1.82, 2.24) is 10.3 Å². The molecule has 3 heterocycles. The van der Waals surface area contributed by atoms with Gasteiger partial charge in [0.2, 0.25) is 5.91 Å². The third-order valence-corrected chi connectivity index (χ3v) is 6.04. The van der Waals surface area contributed by atoms with E-state index in [1.165, 1.54) is 24.6 Å². The van der Waals surface area contributed by atoms with Crippen LogP contribution in [0.5, 0.6) is 0 Å². The number of carbonyl (C=O) groups excluding carboxylic acids is 2. The maximum atomic E-state index is 12.5. The van der Waals surface area contributed by atoms with Crippen LogP contribution in [0.3, 0.4) is 0 Å². The molecule has 0 radical (unpaired) electrons. The molecule has 1 aromatic carbocycles. The molecule has 1 aromatic heterocycles. The molecule has 7 heteroatoms. The Bertz CT molecular complexity index is 880. The van der Waals surface area contributed by atoms with E-state index in [1.54, 1.807) is 18.3 Å². The topological polar surface area (TPSA) is 74.3 Å².